The fourth-order valence-corrected chi connectivity index (χ4v) is 3.64. The average molecular weight is 495 g/mol. The molecule has 0 saturated heterocycles. The molecule has 0 unspecified atom stereocenters. The van der Waals surface area contributed by atoms with Gasteiger partial charge < -0.3 is 9.42 Å². The zero-order valence-corrected chi connectivity index (χ0v) is 20.4. The predicted molar refractivity (Wildman–Crippen MR) is 131 cm³/mol. The van der Waals surface area contributed by atoms with Crippen LogP contribution in [0.4, 0.5) is 5.69 Å². The lowest BCUT2D eigenvalue weighted by atomic mass is 10.1. The minimum atomic E-state index is -0.668. The van der Waals surface area contributed by atoms with Gasteiger partial charge in [0.05, 0.1) is 5.69 Å². The quantitative estimate of drug-likeness (QED) is 0.404. The van der Waals surface area contributed by atoms with Gasteiger partial charge in [-0.25, -0.2) is 4.79 Å². The topological polar surface area (TPSA) is 116 Å². The molecule has 1 amide bonds. The standard InChI is InChI=1S/C24H23ClN6O4/c1-14-5-6-15(2)18(13-14)29(3)20(32)12-11-19-26-22(28-35-19)21-23(33)30(4)24(34)31(27-21)17-9-7-16(25)8-10-17/h5-10,13H,11-12H2,1-4H3. The van der Waals surface area contributed by atoms with Crippen LogP contribution in [0.15, 0.2) is 56.6 Å². The van der Waals surface area contributed by atoms with Gasteiger partial charge >= 0.3 is 5.69 Å². The minimum absolute atomic E-state index is 0.0707. The molecule has 0 bridgehead atoms. The number of benzene rings is 2. The van der Waals surface area contributed by atoms with Gasteiger partial charge in [0, 0.05) is 37.6 Å². The molecule has 0 aliphatic carbocycles. The first-order chi connectivity index (χ1) is 16.7. The third-order valence-electron chi connectivity index (χ3n) is 5.58. The summed E-state index contributed by atoms with van der Waals surface area (Å²) in [6.45, 7) is 3.91. The van der Waals surface area contributed by atoms with E-state index >= 15 is 0 Å². The van der Waals surface area contributed by atoms with Crippen molar-refractivity contribution in [1.29, 1.82) is 0 Å². The van der Waals surface area contributed by atoms with Crippen LogP contribution in [-0.4, -0.2) is 37.4 Å². The van der Waals surface area contributed by atoms with Crippen molar-refractivity contribution in [2.45, 2.75) is 26.7 Å². The van der Waals surface area contributed by atoms with Gasteiger partial charge in [0.2, 0.25) is 17.6 Å². The number of nitrogens with zero attached hydrogens (tertiary/aromatic N) is 6. The fourth-order valence-electron chi connectivity index (χ4n) is 3.51. The monoisotopic (exact) mass is 494 g/mol. The van der Waals surface area contributed by atoms with Gasteiger partial charge in [-0.15, -0.1) is 0 Å². The molecule has 0 radical (unpaired) electrons. The van der Waals surface area contributed by atoms with Crippen LogP contribution in [-0.2, 0) is 18.3 Å². The summed E-state index contributed by atoms with van der Waals surface area (Å²) in [6.07, 6.45) is 0.305. The number of anilines is 1. The molecular weight excluding hydrogens is 472 g/mol. The maximum atomic E-state index is 12.7. The lowest BCUT2D eigenvalue weighted by Gasteiger charge is -2.19. The Bertz CT molecular complexity index is 1520. The molecule has 0 N–H and O–H groups in total. The second-order valence-electron chi connectivity index (χ2n) is 8.14. The van der Waals surface area contributed by atoms with Crippen LogP contribution in [0.1, 0.15) is 23.4 Å². The van der Waals surface area contributed by atoms with Crippen molar-refractivity contribution < 1.29 is 9.32 Å². The highest BCUT2D eigenvalue weighted by Gasteiger charge is 2.20. The lowest BCUT2D eigenvalue weighted by molar-refractivity contribution is -0.118. The first-order valence-corrected chi connectivity index (χ1v) is 11.2. The zero-order valence-electron chi connectivity index (χ0n) is 19.6. The van der Waals surface area contributed by atoms with E-state index in [9.17, 15) is 14.4 Å². The number of hydrogen-bond donors (Lipinski definition) is 0. The summed E-state index contributed by atoms with van der Waals surface area (Å²) in [7, 11) is 3.06. The highest BCUT2D eigenvalue weighted by Crippen LogP contribution is 2.21. The minimum Gasteiger partial charge on any atom is -0.339 e. The van der Waals surface area contributed by atoms with Crippen molar-refractivity contribution in [1.82, 2.24) is 24.5 Å². The van der Waals surface area contributed by atoms with E-state index in [0.717, 1.165) is 26.1 Å². The molecule has 35 heavy (non-hydrogen) atoms. The summed E-state index contributed by atoms with van der Waals surface area (Å²) in [5.41, 5.74) is 1.84. The molecule has 0 spiro atoms. The molecule has 0 aliphatic rings. The fraction of sp³-hybridized carbons (Fsp3) is 0.250. The number of halogens is 1. The molecule has 180 valence electrons. The van der Waals surface area contributed by atoms with E-state index in [2.05, 4.69) is 15.2 Å². The zero-order chi connectivity index (χ0) is 25.3. The van der Waals surface area contributed by atoms with Gasteiger partial charge in [0.1, 0.15) is 0 Å². The van der Waals surface area contributed by atoms with Crippen molar-refractivity contribution in [2.24, 2.45) is 7.05 Å². The van der Waals surface area contributed by atoms with Crippen molar-refractivity contribution in [3.8, 4) is 17.2 Å². The summed E-state index contributed by atoms with van der Waals surface area (Å²) in [5.74, 6) is -0.0155. The number of carbonyl (C=O) groups is 1. The summed E-state index contributed by atoms with van der Waals surface area (Å²) < 4.78 is 7.23. The van der Waals surface area contributed by atoms with E-state index in [1.54, 1.807) is 36.2 Å². The largest absolute Gasteiger partial charge is 0.351 e. The van der Waals surface area contributed by atoms with Crippen LogP contribution in [0.5, 0.6) is 0 Å². The molecule has 0 saturated carbocycles. The van der Waals surface area contributed by atoms with Crippen molar-refractivity contribution in [3.05, 3.63) is 85.3 Å². The number of rotatable bonds is 6. The summed E-state index contributed by atoms with van der Waals surface area (Å²) in [6, 6.07) is 12.3. The van der Waals surface area contributed by atoms with E-state index in [4.69, 9.17) is 16.1 Å². The highest BCUT2D eigenvalue weighted by atomic mass is 35.5. The maximum Gasteiger partial charge on any atom is 0.351 e. The number of aryl methyl sites for hydroxylation is 3. The summed E-state index contributed by atoms with van der Waals surface area (Å²) in [4.78, 5) is 43.9. The third kappa shape index (κ3) is 4.92. The van der Waals surface area contributed by atoms with E-state index in [-0.39, 0.29) is 36.2 Å². The average Bonchev–Trinajstić information content (AvgIpc) is 3.32. The van der Waals surface area contributed by atoms with Gasteiger partial charge in [0.15, 0.2) is 5.69 Å². The van der Waals surface area contributed by atoms with E-state index in [1.165, 1.54) is 7.05 Å². The number of hydrogen-bond acceptors (Lipinski definition) is 7. The molecule has 2 heterocycles. The molecule has 10 nitrogen and oxygen atoms in total. The van der Waals surface area contributed by atoms with Gasteiger partial charge in [-0.1, -0.05) is 28.9 Å². The van der Waals surface area contributed by atoms with E-state index in [0.29, 0.717) is 10.7 Å². The second kappa shape index (κ2) is 9.67. The van der Waals surface area contributed by atoms with E-state index in [1.807, 2.05) is 32.0 Å². The van der Waals surface area contributed by atoms with Crippen LogP contribution in [0.2, 0.25) is 5.02 Å². The van der Waals surface area contributed by atoms with E-state index < -0.39 is 11.2 Å². The molecule has 4 rings (SSSR count). The normalized spacial score (nSPS) is 11.0. The van der Waals surface area contributed by atoms with Crippen LogP contribution in [0, 0.1) is 13.8 Å². The van der Waals surface area contributed by atoms with Crippen LogP contribution in [0.3, 0.4) is 0 Å². The Morgan fingerprint density at radius 3 is 2.54 bits per heavy atom. The molecular formula is C24H23ClN6O4. The predicted octanol–water partition coefficient (Wildman–Crippen LogP) is 2.85. The van der Waals surface area contributed by atoms with Crippen molar-refractivity contribution in [3.63, 3.8) is 0 Å². The Morgan fingerprint density at radius 1 is 1.11 bits per heavy atom. The first kappa shape index (κ1) is 24.1. The Hall–Kier alpha value is -4.05. The van der Waals surface area contributed by atoms with Gasteiger partial charge in [-0.05, 0) is 55.3 Å². The first-order valence-electron chi connectivity index (χ1n) is 10.8. The van der Waals surface area contributed by atoms with Crippen molar-refractivity contribution in [2.75, 3.05) is 11.9 Å². The van der Waals surface area contributed by atoms with Crippen LogP contribution in [0.25, 0.3) is 17.2 Å². The molecule has 0 atom stereocenters. The smallest absolute Gasteiger partial charge is 0.339 e. The lowest BCUT2D eigenvalue weighted by Crippen LogP contribution is -2.40. The van der Waals surface area contributed by atoms with Crippen LogP contribution < -0.4 is 16.1 Å². The SMILES string of the molecule is Cc1ccc(C)c(N(C)C(=O)CCc2nc(-c3nn(-c4ccc(Cl)cc4)c(=O)n(C)c3=O)no2)c1. The Labute approximate surface area is 205 Å². The summed E-state index contributed by atoms with van der Waals surface area (Å²) in [5, 5.41) is 8.51. The van der Waals surface area contributed by atoms with Crippen molar-refractivity contribution >= 4 is 23.2 Å². The number of aromatic nitrogens is 5. The number of carbonyl (C=O) groups excluding carboxylic acids is 1. The Kier molecular flexibility index (Phi) is 6.65. The molecule has 11 heteroatoms. The molecule has 0 fully saturated rings. The van der Waals surface area contributed by atoms with Gasteiger partial charge in [0.25, 0.3) is 5.56 Å². The van der Waals surface area contributed by atoms with Gasteiger partial charge in [-0.3, -0.25) is 14.2 Å². The molecule has 2 aromatic heterocycles. The molecule has 4 aromatic rings. The maximum absolute atomic E-state index is 12.7. The number of amides is 1. The Morgan fingerprint density at radius 2 is 1.83 bits per heavy atom. The second-order valence-corrected chi connectivity index (χ2v) is 8.57. The van der Waals surface area contributed by atoms with Gasteiger partial charge in [-0.2, -0.15) is 14.8 Å². The Balaban J connectivity index is 1.56. The third-order valence-corrected chi connectivity index (χ3v) is 5.83. The highest BCUT2D eigenvalue weighted by molar-refractivity contribution is 6.30. The molecule has 0 aliphatic heterocycles. The van der Waals surface area contributed by atoms with Crippen LogP contribution >= 0.6 is 11.6 Å². The molecule has 2 aromatic carbocycles. The summed E-state index contributed by atoms with van der Waals surface area (Å²) >= 11 is 5.92.